The standard InChI is InChI=1S/C23H29FN4O3S/c1-5-28(6-2)32(30,31)18-8-10-21-20(14-18)26-22(27(21)4)11-12-23(29)25-15-17-7-9-19(24)16(3)13-17/h7-10,13-14H,5-6,11-12,15H2,1-4H3,(H,25,29). The van der Waals surface area contributed by atoms with E-state index in [1.807, 2.05) is 11.6 Å². The third-order valence-electron chi connectivity index (χ3n) is 5.58. The Labute approximate surface area is 188 Å². The zero-order chi connectivity index (χ0) is 23.5. The van der Waals surface area contributed by atoms with Gasteiger partial charge in [0.15, 0.2) is 0 Å². The molecule has 1 aromatic heterocycles. The molecule has 1 N–H and O–H groups in total. The van der Waals surface area contributed by atoms with E-state index in [0.717, 1.165) is 11.1 Å². The Morgan fingerprint density at radius 1 is 1.16 bits per heavy atom. The van der Waals surface area contributed by atoms with Crippen LogP contribution < -0.4 is 5.32 Å². The molecule has 1 amide bonds. The largest absolute Gasteiger partial charge is 0.352 e. The van der Waals surface area contributed by atoms with Crippen molar-refractivity contribution in [3.05, 3.63) is 59.2 Å². The summed E-state index contributed by atoms with van der Waals surface area (Å²) in [4.78, 5) is 17.1. The summed E-state index contributed by atoms with van der Waals surface area (Å²) in [5.41, 5.74) is 2.76. The number of carbonyl (C=O) groups excluding carboxylic acids is 1. The van der Waals surface area contributed by atoms with Crippen molar-refractivity contribution >= 4 is 27.0 Å². The Balaban J connectivity index is 1.69. The number of aryl methyl sites for hydroxylation is 3. The number of carbonyl (C=O) groups is 1. The molecule has 0 bridgehead atoms. The molecule has 9 heteroatoms. The topological polar surface area (TPSA) is 84.3 Å². The molecule has 0 saturated heterocycles. The van der Waals surface area contributed by atoms with Gasteiger partial charge in [-0.2, -0.15) is 4.31 Å². The van der Waals surface area contributed by atoms with E-state index in [2.05, 4.69) is 10.3 Å². The number of fused-ring (bicyclic) bond motifs is 1. The lowest BCUT2D eigenvalue weighted by Gasteiger charge is -2.18. The van der Waals surface area contributed by atoms with Gasteiger partial charge in [-0.05, 0) is 42.3 Å². The minimum absolute atomic E-state index is 0.135. The molecule has 3 aromatic rings. The zero-order valence-electron chi connectivity index (χ0n) is 18.9. The molecule has 0 saturated carbocycles. The van der Waals surface area contributed by atoms with E-state index in [4.69, 9.17) is 0 Å². The van der Waals surface area contributed by atoms with E-state index in [-0.39, 0.29) is 23.0 Å². The van der Waals surface area contributed by atoms with Crippen molar-refractivity contribution in [1.82, 2.24) is 19.2 Å². The van der Waals surface area contributed by atoms with Crippen LogP contribution in [0.5, 0.6) is 0 Å². The lowest BCUT2D eigenvalue weighted by atomic mass is 10.1. The van der Waals surface area contributed by atoms with Crippen molar-refractivity contribution in [2.75, 3.05) is 13.1 Å². The van der Waals surface area contributed by atoms with E-state index in [0.29, 0.717) is 43.0 Å². The predicted molar refractivity (Wildman–Crippen MR) is 122 cm³/mol. The molecule has 172 valence electrons. The molecule has 0 aliphatic carbocycles. The van der Waals surface area contributed by atoms with Gasteiger partial charge in [-0.3, -0.25) is 4.79 Å². The van der Waals surface area contributed by atoms with Crippen LogP contribution in [0.3, 0.4) is 0 Å². The SMILES string of the molecule is CCN(CC)S(=O)(=O)c1ccc2c(c1)nc(CCC(=O)NCc1ccc(F)c(C)c1)n2C. The fourth-order valence-electron chi connectivity index (χ4n) is 3.66. The fraction of sp³-hybridized carbons (Fsp3) is 0.391. The molecule has 0 radical (unpaired) electrons. The normalized spacial score (nSPS) is 11.9. The van der Waals surface area contributed by atoms with E-state index in [1.54, 1.807) is 51.1 Å². The first kappa shape index (κ1) is 23.9. The first-order chi connectivity index (χ1) is 15.2. The number of nitrogens with zero attached hydrogens (tertiary/aromatic N) is 3. The van der Waals surface area contributed by atoms with Gasteiger partial charge < -0.3 is 9.88 Å². The van der Waals surface area contributed by atoms with E-state index in [9.17, 15) is 17.6 Å². The zero-order valence-corrected chi connectivity index (χ0v) is 19.7. The van der Waals surface area contributed by atoms with E-state index >= 15 is 0 Å². The summed E-state index contributed by atoms with van der Waals surface area (Å²) in [6.07, 6.45) is 0.652. The molecule has 1 heterocycles. The lowest BCUT2D eigenvalue weighted by molar-refractivity contribution is -0.121. The third kappa shape index (κ3) is 4.99. The van der Waals surface area contributed by atoms with Gasteiger partial charge in [0.1, 0.15) is 11.6 Å². The molecule has 2 aromatic carbocycles. The average Bonchev–Trinajstić information content (AvgIpc) is 3.08. The van der Waals surface area contributed by atoms with Crippen LogP contribution in [0.15, 0.2) is 41.3 Å². The van der Waals surface area contributed by atoms with E-state index in [1.165, 1.54) is 10.4 Å². The van der Waals surface area contributed by atoms with Crippen molar-refractivity contribution in [3.8, 4) is 0 Å². The van der Waals surface area contributed by atoms with Crippen LogP contribution in [-0.2, 0) is 34.8 Å². The van der Waals surface area contributed by atoms with Crippen molar-refractivity contribution in [1.29, 1.82) is 0 Å². The summed E-state index contributed by atoms with van der Waals surface area (Å²) in [7, 11) is -1.72. The second-order valence-corrected chi connectivity index (χ2v) is 9.63. The van der Waals surface area contributed by atoms with Gasteiger partial charge in [0.2, 0.25) is 15.9 Å². The smallest absolute Gasteiger partial charge is 0.243 e. The Kier molecular flexibility index (Phi) is 7.30. The highest BCUT2D eigenvalue weighted by Crippen LogP contribution is 2.22. The number of imidazole rings is 1. The van der Waals surface area contributed by atoms with Crippen LogP contribution in [-0.4, -0.2) is 41.3 Å². The quantitative estimate of drug-likeness (QED) is 0.531. The molecule has 7 nitrogen and oxygen atoms in total. The second-order valence-electron chi connectivity index (χ2n) is 7.69. The lowest BCUT2D eigenvalue weighted by Crippen LogP contribution is -2.30. The number of rotatable bonds is 9. The van der Waals surface area contributed by atoms with Crippen LogP contribution >= 0.6 is 0 Å². The molecule has 0 atom stereocenters. The number of aromatic nitrogens is 2. The van der Waals surface area contributed by atoms with Gasteiger partial charge in [0, 0.05) is 39.5 Å². The molecule has 0 spiro atoms. The van der Waals surface area contributed by atoms with Crippen LogP contribution in [0.1, 0.15) is 37.2 Å². The molecule has 0 aliphatic rings. The average molecular weight is 461 g/mol. The first-order valence-corrected chi connectivity index (χ1v) is 12.1. The van der Waals surface area contributed by atoms with Crippen LogP contribution in [0.2, 0.25) is 0 Å². The molecule has 0 unspecified atom stereocenters. The maximum absolute atomic E-state index is 13.4. The minimum atomic E-state index is -3.57. The van der Waals surface area contributed by atoms with Crippen molar-refractivity contribution in [2.45, 2.75) is 45.1 Å². The summed E-state index contributed by atoms with van der Waals surface area (Å²) < 4.78 is 42.2. The molecular formula is C23H29FN4O3S. The Morgan fingerprint density at radius 2 is 1.88 bits per heavy atom. The maximum atomic E-state index is 13.4. The van der Waals surface area contributed by atoms with Crippen molar-refractivity contribution < 1.29 is 17.6 Å². The number of sulfonamides is 1. The monoisotopic (exact) mass is 460 g/mol. The molecule has 0 aliphatic heterocycles. The fourth-order valence-corrected chi connectivity index (χ4v) is 5.14. The van der Waals surface area contributed by atoms with Crippen molar-refractivity contribution in [3.63, 3.8) is 0 Å². The predicted octanol–water partition coefficient (Wildman–Crippen LogP) is 3.30. The number of halogens is 1. The Hall–Kier alpha value is -2.78. The highest BCUT2D eigenvalue weighted by Gasteiger charge is 2.22. The van der Waals surface area contributed by atoms with E-state index < -0.39 is 10.0 Å². The van der Waals surface area contributed by atoms with Gasteiger partial charge in [-0.25, -0.2) is 17.8 Å². The number of hydrogen-bond acceptors (Lipinski definition) is 4. The van der Waals surface area contributed by atoms with Gasteiger partial charge >= 0.3 is 0 Å². The van der Waals surface area contributed by atoms with Crippen LogP contribution in [0.25, 0.3) is 11.0 Å². The Morgan fingerprint density at radius 3 is 2.53 bits per heavy atom. The van der Waals surface area contributed by atoms with Crippen molar-refractivity contribution in [2.24, 2.45) is 7.05 Å². The Bertz CT molecular complexity index is 1230. The summed E-state index contributed by atoms with van der Waals surface area (Å²) in [6, 6.07) is 9.69. The summed E-state index contributed by atoms with van der Waals surface area (Å²) in [6.45, 7) is 6.43. The third-order valence-corrected chi connectivity index (χ3v) is 7.62. The van der Waals surface area contributed by atoms with Gasteiger partial charge in [-0.15, -0.1) is 0 Å². The number of hydrogen-bond donors (Lipinski definition) is 1. The number of benzene rings is 2. The summed E-state index contributed by atoms with van der Waals surface area (Å²) in [5.74, 6) is 0.295. The van der Waals surface area contributed by atoms with Crippen LogP contribution in [0, 0.1) is 12.7 Å². The minimum Gasteiger partial charge on any atom is -0.352 e. The van der Waals surface area contributed by atoms with Gasteiger partial charge in [0.05, 0.1) is 15.9 Å². The molecule has 3 rings (SSSR count). The van der Waals surface area contributed by atoms with Gasteiger partial charge in [-0.1, -0.05) is 26.0 Å². The second kappa shape index (κ2) is 9.79. The molecule has 0 fully saturated rings. The number of amides is 1. The van der Waals surface area contributed by atoms with Crippen LogP contribution in [0.4, 0.5) is 4.39 Å². The molecular weight excluding hydrogens is 431 g/mol. The highest BCUT2D eigenvalue weighted by atomic mass is 32.2. The van der Waals surface area contributed by atoms with Gasteiger partial charge in [0.25, 0.3) is 0 Å². The maximum Gasteiger partial charge on any atom is 0.243 e. The highest BCUT2D eigenvalue weighted by molar-refractivity contribution is 7.89. The molecule has 32 heavy (non-hydrogen) atoms. The first-order valence-electron chi connectivity index (χ1n) is 10.6. The summed E-state index contributed by atoms with van der Waals surface area (Å²) >= 11 is 0. The summed E-state index contributed by atoms with van der Waals surface area (Å²) in [5, 5.41) is 2.84. The number of nitrogens with one attached hydrogen (secondary N) is 1.